The van der Waals surface area contributed by atoms with Gasteiger partial charge in [0.05, 0.1) is 6.10 Å². The molecule has 2 aliphatic rings. The van der Waals surface area contributed by atoms with Crippen LogP contribution >= 0.6 is 0 Å². The fourth-order valence-corrected chi connectivity index (χ4v) is 5.04. The van der Waals surface area contributed by atoms with Crippen LogP contribution in [0, 0.1) is 13.8 Å². The molecule has 2 fully saturated rings. The van der Waals surface area contributed by atoms with E-state index >= 15 is 0 Å². The standard InChI is InChI=1S/C23H38N4O2/c1-6-26-13-10-19(20(28)16-26)27-14-11-23(12-15-27,25(4)5)22(29)24-21-17(2)8-7-9-18(21)3/h7-9,19-20,28H,6,10-16H2,1-5H3,(H,24,29)/t19-,20-/m1/s1. The first kappa shape index (κ1) is 22.2. The van der Waals surface area contributed by atoms with Crippen LogP contribution in [0.25, 0.3) is 0 Å². The van der Waals surface area contributed by atoms with Crippen molar-refractivity contribution in [2.45, 2.75) is 57.7 Å². The predicted molar refractivity (Wildman–Crippen MR) is 118 cm³/mol. The van der Waals surface area contributed by atoms with Gasteiger partial charge in [0.15, 0.2) is 0 Å². The summed E-state index contributed by atoms with van der Waals surface area (Å²) in [6.45, 7) is 10.7. The number of β-amino-alcohol motifs (C(OH)–C–C–N with tert-alkyl or cyclic N) is 1. The smallest absolute Gasteiger partial charge is 0.244 e. The van der Waals surface area contributed by atoms with Crippen molar-refractivity contribution in [1.82, 2.24) is 14.7 Å². The van der Waals surface area contributed by atoms with Crippen LogP contribution < -0.4 is 5.32 Å². The lowest BCUT2D eigenvalue weighted by atomic mass is 9.83. The van der Waals surface area contributed by atoms with E-state index in [1.165, 1.54) is 0 Å². The van der Waals surface area contributed by atoms with Gasteiger partial charge in [-0.1, -0.05) is 25.1 Å². The second-order valence-electron chi connectivity index (χ2n) is 9.00. The van der Waals surface area contributed by atoms with Gasteiger partial charge in [-0.15, -0.1) is 0 Å². The second kappa shape index (κ2) is 9.13. The zero-order chi connectivity index (χ0) is 21.2. The molecule has 1 amide bonds. The number of carbonyl (C=O) groups excluding carboxylic acids is 1. The van der Waals surface area contributed by atoms with E-state index < -0.39 is 5.54 Å². The largest absolute Gasteiger partial charge is 0.390 e. The van der Waals surface area contributed by atoms with Crippen molar-refractivity contribution in [3.8, 4) is 0 Å². The van der Waals surface area contributed by atoms with Gasteiger partial charge in [-0.25, -0.2) is 0 Å². The zero-order valence-corrected chi connectivity index (χ0v) is 18.7. The summed E-state index contributed by atoms with van der Waals surface area (Å²) in [5.74, 6) is 0.0842. The number of hydrogen-bond donors (Lipinski definition) is 2. The lowest BCUT2D eigenvalue weighted by molar-refractivity contribution is -0.131. The quantitative estimate of drug-likeness (QED) is 0.790. The SMILES string of the molecule is CCN1CC[C@@H](N2CCC(C(=O)Nc3c(C)cccc3C)(N(C)C)CC2)[C@H](O)C1. The molecule has 3 rings (SSSR count). The Morgan fingerprint density at radius 2 is 1.83 bits per heavy atom. The first-order valence-electron chi connectivity index (χ1n) is 11.0. The molecule has 29 heavy (non-hydrogen) atoms. The van der Waals surface area contributed by atoms with Gasteiger partial charge in [0.2, 0.25) is 5.91 Å². The first-order valence-corrected chi connectivity index (χ1v) is 11.0. The number of nitrogens with one attached hydrogen (secondary N) is 1. The average molecular weight is 403 g/mol. The van der Waals surface area contributed by atoms with Crippen molar-refractivity contribution in [3.05, 3.63) is 29.3 Å². The molecular formula is C23H38N4O2. The van der Waals surface area contributed by atoms with E-state index in [2.05, 4.69) is 26.9 Å². The van der Waals surface area contributed by atoms with Crippen LogP contribution in [0.15, 0.2) is 18.2 Å². The Balaban J connectivity index is 1.69. The number of aryl methyl sites for hydroxylation is 2. The summed E-state index contributed by atoms with van der Waals surface area (Å²) in [6.07, 6.45) is 2.24. The van der Waals surface area contributed by atoms with E-state index in [-0.39, 0.29) is 18.1 Å². The highest BCUT2D eigenvalue weighted by molar-refractivity contribution is 5.99. The third-order valence-electron chi connectivity index (χ3n) is 7.17. The highest BCUT2D eigenvalue weighted by atomic mass is 16.3. The molecule has 2 N–H and O–H groups in total. The Hall–Kier alpha value is -1.47. The number of anilines is 1. The van der Waals surface area contributed by atoms with Gasteiger partial charge in [0.1, 0.15) is 5.54 Å². The fraction of sp³-hybridized carbons (Fsp3) is 0.696. The Bertz CT molecular complexity index is 693. The summed E-state index contributed by atoms with van der Waals surface area (Å²) in [4.78, 5) is 20.2. The highest BCUT2D eigenvalue weighted by Crippen LogP contribution is 2.32. The van der Waals surface area contributed by atoms with E-state index in [0.29, 0.717) is 0 Å². The monoisotopic (exact) mass is 402 g/mol. The maximum Gasteiger partial charge on any atom is 0.244 e. The molecule has 0 radical (unpaired) electrons. The molecule has 1 aromatic rings. The highest BCUT2D eigenvalue weighted by Gasteiger charge is 2.45. The molecule has 1 aromatic carbocycles. The molecule has 6 heteroatoms. The average Bonchev–Trinajstić information content (AvgIpc) is 2.70. The lowest BCUT2D eigenvalue weighted by Gasteiger charge is -2.49. The number of likely N-dealkylation sites (tertiary alicyclic amines) is 2. The molecule has 0 saturated carbocycles. The molecule has 6 nitrogen and oxygen atoms in total. The number of piperidine rings is 2. The Morgan fingerprint density at radius 1 is 1.21 bits per heavy atom. The third kappa shape index (κ3) is 4.50. The molecule has 2 saturated heterocycles. The van der Waals surface area contributed by atoms with Crippen LogP contribution in [0.3, 0.4) is 0 Å². The Kier molecular flexibility index (Phi) is 6.99. The summed E-state index contributed by atoms with van der Waals surface area (Å²) in [6, 6.07) is 6.31. The number of aliphatic hydroxyl groups is 1. The zero-order valence-electron chi connectivity index (χ0n) is 18.7. The molecule has 0 spiro atoms. The minimum atomic E-state index is -0.514. The van der Waals surface area contributed by atoms with Crippen LogP contribution in [0.4, 0.5) is 5.69 Å². The van der Waals surface area contributed by atoms with Gasteiger partial charge in [-0.3, -0.25) is 14.6 Å². The molecule has 2 aliphatic heterocycles. The van der Waals surface area contributed by atoms with Crippen molar-refractivity contribution in [2.24, 2.45) is 0 Å². The van der Waals surface area contributed by atoms with Crippen LogP contribution in [-0.2, 0) is 4.79 Å². The van der Waals surface area contributed by atoms with E-state index in [1.54, 1.807) is 0 Å². The summed E-state index contributed by atoms with van der Waals surface area (Å²) < 4.78 is 0. The maximum absolute atomic E-state index is 13.4. The molecule has 2 heterocycles. The fourth-order valence-electron chi connectivity index (χ4n) is 5.04. The number of likely N-dealkylation sites (N-methyl/N-ethyl adjacent to an activating group) is 2. The van der Waals surface area contributed by atoms with Crippen molar-refractivity contribution < 1.29 is 9.90 Å². The molecule has 162 valence electrons. The summed E-state index contributed by atoms with van der Waals surface area (Å²) in [5.41, 5.74) is 2.61. The number of nitrogens with zero attached hydrogens (tertiary/aromatic N) is 3. The number of amides is 1. The number of rotatable bonds is 5. The van der Waals surface area contributed by atoms with Gasteiger partial charge < -0.3 is 15.3 Å². The number of para-hydroxylation sites is 1. The number of carbonyl (C=O) groups is 1. The van der Waals surface area contributed by atoms with Crippen molar-refractivity contribution >= 4 is 11.6 Å². The van der Waals surface area contributed by atoms with E-state index in [9.17, 15) is 9.90 Å². The Morgan fingerprint density at radius 3 is 2.34 bits per heavy atom. The predicted octanol–water partition coefficient (Wildman–Crippen LogP) is 2.09. The molecule has 0 unspecified atom stereocenters. The van der Waals surface area contributed by atoms with Gasteiger partial charge in [0, 0.05) is 31.4 Å². The normalized spacial score (nSPS) is 25.9. The summed E-state index contributed by atoms with van der Waals surface area (Å²) in [7, 11) is 4.02. The maximum atomic E-state index is 13.4. The van der Waals surface area contributed by atoms with Gasteiger partial charge >= 0.3 is 0 Å². The number of benzene rings is 1. The second-order valence-corrected chi connectivity index (χ2v) is 9.00. The number of hydrogen-bond acceptors (Lipinski definition) is 5. The summed E-state index contributed by atoms with van der Waals surface area (Å²) >= 11 is 0. The molecule has 0 aromatic heterocycles. The van der Waals surface area contributed by atoms with E-state index in [4.69, 9.17) is 0 Å². The van der Waals surface area contributed by atoms with Crippen LogP contribution in [0.2, 0.25) is 0 Å². The minimum absolute atomic E-state index is 0.0842. The van der Waals surface area contributed by atoms with Gasteiger partial charge in [-0.2, -0.15) is 0 Å². The van der Waals surface area contributed by atoms with Crippen LogP contribution in [-0.4, -0.2) is 90.2 Å². The van der Waals surface area contributed by atoms with Gasteiger partial charge in [0.25, 0.3) is 0 Å². The topological polar surface area (TPSA) is 59.0 Å². The van der Waals surface area contributed by atoms with Crippen LogP contribution in [0.1, 0.15) is 37.3 Å². The van der Waals surface area contributed by atoms with Gasteiger partial charge in [-0.05, 0) is 71.4 Å². The van der Waals surface area contributed by atoms with E-state index in [1.807, 2.05) is 46.1 Å². The molecule has 2 atom stereocenters. The molecular weight excluding hydrogens is 364 g/mol. The van der Waals surface area contributed by atoms with Crippen molar-refractivity contribution in [2.75, 3.05) is 52.1 Å². The number of aliphatic hydroxyl groups excluding tert-OH is 1. The minimum Gasteiger partial charge on any atom is -0.390 e. The third-order valence-corrected chi connectivity index (χ3v) is 7.17. The van der Waals surface area contributed by atoms with Crippen molar-refractivity contribution in [1.29, 1.82) is 0 Å². The molecule has 0 bridgehead atoms. The Labute approximate surface area is 175 Å². The van der Waals surface area contributed by atoms with Crippen LogP contribution in [0.5, 0.6) is 0 Å². The van der Waals surface area contributed by atoms with Crippen molar-refractivity contribution in [3.63, 3.8) is 0 Å². The molecule has 0 aliphatic carbocycles. The van der Waals surface area contributed by atoms with E-state index in [0.717, 1.165) is 68.8 Å². The lowest BCUT2D eigenvalue weighted by Crippen LogP contribution is -2.63. The summed E-state index contributed by atoms with van der Waals surface area (Å²) in [5, 5.41) is 13.9. The first-order chi connectivity index (χ1) is 13.8.